The van der Waals surface area contributed by atoms with Gasteiger partial charge in [0.05, 0.1) is 5.69 Å². The summed E-state index contributed by atoms with van der Waals surface area (Å²) in [5.41, 5.74) is 9.64. The van der Waals surface area contributed by atoms with Crippen molar-refractivity contribution in [1.82, 2.24) is 14.7 Å². The first-order chi connectivity index (χ1) is 9.58. The van der Waals surface area contributed by atoms with Crippen LogP contribution in [0.2, 0.25) is 0 Å². The molecule has 2 heterocycles. The predicted molar refractivity (Wildman–Crippen MR) is 83.8 cm³/mol. The topological polar surface area (TPSA) is 47.1 Å². The van der Waals surface area contributed by atoms with E-state index in [0.717, 1.165) is 19.0 Å². The van der Waals surface area contributed by atoms with Crippen molar-refractivity contribution < 1.29 is 0 Å². The second kappa shape index (κ2) is 6.72. The van der Waals surface area contributed by atoms with E-state index in [4.69, 9.17) is 5.73 Å². The van der Waals surface area contributed by atoms with Gasteiger partial charge in [0, 0.05) is 23.8 Å². The fourth-order valence-corrected chi connectivity index (χ4v) is 3.67. The zero-order valence-corrected chi connectivity index (χ0v) is 13.5. The highest BCUT2D eigenvalue weighted by molar-refractivity contribution is 5.28. The molecule has 1 aliphatic heterocycles. The van der Waals surface area contributed by atoms with Gasteiger partial charge in [0.15, 0.2) is 0 Å². The first-order valence-corrected chi connectivity index (χ1v) is 8.06. The average Bonchev–Trinajstić information content (AvgIpc) is 2.74. The summed E-state index contributed by atoms with van der Waals surface area (Å²) < 4.78 is 2.13. The van der Waals surface area contributed by atoms with Crippen molar-refractivity contribution in [2.45, 2.75) is 59.5 Å². The Bertz CT molecular complexity index is 430. The van der Waals surface area contributed by atoms with Crippen LogP contribution in [0.25, 0.3) is 0 Å². The van der Waals surface area contributed by atoms with E-state index in [2.05, 4.69) is 42.4 Å². The van der Waals surface area contributed by atoms with Crippen LogP contribution in [0, 0.1) is 19.8 Å². The van der Waals surface area contributed by atoms with Gasteiger partial charge in [-0.05, 0) is 72.5 Å². The summed E-state index contributed by atoms with van der Waals surface area (Å²) in [6.45, 7) is 13.0. The van der Waals surface area contributed by atoms with Gasteiger partial charge in [-0.15, -0.1) is 0 Å². The van der Waals surface area contributed by atoms with Crippen molar-refractivity contribution >= 4 is 0 Å². The summed E-state index contributed by atoms with van der Waals surface area (Å²) in [4.78, 5) is 2.62. The van der Waals surface area contributed by atoms with Crippen LogP contribution in [-0.4, -0.2) is 34.3 Å². The Morgan fingerprint density at radius 1 is 1.30 bits per heavy atom. The molecule has 2 N–H and O–H groups in total. The van der Waals surface area contributed by atoms with Crippen molar-refractivity contribution in [2.24, 2.45) is 11.7 Å². The van der Waals surface area contributed by atoms with Gasteiger partial charge in [-0.25, -0.2) is 0 Å². The largest absolute Gasteiger partial charge is 0.330 e. The average molecular weight is 278 g/mol. The summed E-state index contributed by atoms with van der Waals surface area (Å²) in [7, 11) is 0. The molecule has 4 heteroatoms. The number of rotatable bonds is 5. The predicted octanol–water partition coefficient (Wildman–Crippen LogP) is 2.64. The summed E-state index contributed by atoms with van der Waals surface area (Å²) >= 11 is 0. The van der Waals surface area contributed by atoms with Crippen LogP contribution in [0.5, 0.6) is 0 Å². The molecule has 0 radical (unpaired) electrons. The number of aromatic nitrogens is 2. The van der Waals surface area contributed by atoms with E-state index in [-0.39, 0.29) is 0 Å². The minimum absolute atomic E-state index is 0.481. The quantitative estimate of drug-likeness (QED) is 0.900. The third kappa shape index (κ3) is 3.07. The van der Waals surface area contributed by atoms with Crippen LogP contribution in [0.1, 0.15) is 56.1 Å². The van der Waals surface area contributed by atoms with E-state index < -0.39 is 0 Å². The number of nitrogens with zero attached hydrogens (tertiary/aromatic N) is 3. The van der Waals surface area contributed by atoms with Crippen molar-refractivity contribution in [3.05, 3.63) is 17.0 Å². The molecule has 1 unspecified atom stereocenters. The number of likely N-dealkylation sites (tertiary alicyclic amines) is 1. The lowest BCUT2D eigenvalue weighted by molar-refractivity contribution is 0.137. The van der Waals surface area contributed by atoms with Gasteiger partial charge in [0.2, 0.25) is 0 Å². The van der Waals surface area contributed by atoms with Gasteiger partial charge >= 0.3 is 0 Å². The second-order valence-corrected chi connectivity index (χ2v) is 6.13. The molecule has 0 spiro atoms. The highest BCUT2D eigenvalue weighted by Crippen LogP contribution is 2.30. The van der Waals surface area contributed by atoms with Crippen LogP contribution in [-0.2, 0) is 6.54 Å². The molecule has 0 bridgehead atoms. The normalized spacial score (nSPS) is 19.4. The Kier molecular flexibility index (Phi) is 5.22. The third-order valence-electron chi connectivity index (χ3n) is 4.93. The lowest BCUT2D eigenvalue weighted by atomic mass is 9.92. The van der Waals surface area contributed by atoms with Crippen molar-refractivity contribution in [1.29, 1.82) is 0 Å². The van der Waals surface area contributed by atoms with E-state index in [1.54, 1.807) is 0 Å². The molecule has 4 nitrogen and oxygen atoms in total. The highest BCUT2D eigenvalue weighted by atomic mass is 15.3. The minimum Gasteiger partial charge on any atom is -0.330 e. The Morgan fingerprint density at radius 2 is 1.95 bits per heavy atom. The SMILES string of the molecule is CCn1nc(C)c(C(C)N2CCC(CCN)CC2)c1C. The van der Waals surface area contributed by atoms with Crippen LogP contribution in [0.3, 0.4) is 0 Å². The van der Waals surface area contributed by atoms with Crippen LogP contribution in [0.4, 0.5) is 0 Å². The Hall–Kier alpha value is -0.870. The van der Waals surface area contributed by atoms with Gasteiger partial charge in [-0.2, -0.15) is 5.10 Å². The van der Waals surface area contributed by atoms with E-state index in [1.165, 1.54) is 49.3 Å². The Balaban J connectivity index is 2.05. The molecular formula is C16H30N4. The van der Waals surface area contributed by atoms with E-state index in [9.17, 15) is 0 Å². The maximum Gasteiger partial charge on any atom is 0.0644 e. The van der Waals surface area contributed by atoms with Gasteiger partial charge in [0.1, 0.15) is 0 Å². The molecule has 1 atom stereocenters. The third-order valence-corrected chi connectivity index (χ3v) is 4.93. The zero-order valence-electron chi connectivity index (χ0n) is 13.5. The summed E-state index contributed by atoms with van der Waals surface area (Å²) in [6.07, 6.45) is 3.77. The molecule has 20 heavy (non-hydrogen) atoms. The summed E-state index contributed by atoms with van der Waals surface area (Å²) in [6, 6.07) is 0.481. The molecule has 1 aromatic rings. The Morgan fingerprint density at radius 3 is 2.45 bits per heavy atom. The molecule has 1 aromatic heterocycles. The lowest BCUT2D eigenvalue weighted by Crippen LogP contribution is -2.36. The van der Waals surface area contributed by atoms with Crippen LogP contribution < -0.4 is 5.73 Å². The maximum atomic E-state index is 5.68. The fraction of sp³-hybridized carbons (Fsp3) is 0.812. The van der Waals surface area contributed by atoms with Crippen LogP contribution >= 0.6 is 0 Å². The molecule has 0 aliphatic carbocycles. The maximum absolute atomic E-state index is 5.68. The lowest BCUT2D eigenvalue weighted by Gasteiger charge is -2.36. The van der Waals surface area contributed by atoms with Gasteiger partial charge in [0.25, 0.3) is 0 Å². The number of piperidine rings is 1. The first kappa shape index (κ1) is 15.5. The number of nitrogens with two attached hydrogens (primary N) is 1. The molecule has 1 saturated heterocycles. The summed E-state index contributed by atoms with van der Waals surface area (Å²) in [5.74, 6) is 0.837. The molecule has 2 rings (SSSR count). The summed E-state index contributed by atoms with van der Waals surface area (Å²) in [5, 5.41) is 4.66. The van der Waals surface area contributed by atoms with E-state index in [0.29, 0.717) is 6.04 Å². The van der Waals surface area contributed by atoms with Crippen molar-refractivity contribution in [3.8, 4) is 0 Å². The number of aryl methyl sites for hydroxylation is 2. The smallest absolute Gasteiger partial charge is 0.0644 e. The first-order valence-electron chi connectivity index (χ1n) is 8.06. The van der Waals surface area contributed by atoms with Gasteiger partial charge < -0.3 is 5.73 Å². The fourth-order valence-electron chi connectivity index (χ4n) is 3.67. The number of hydrogen-bond donors (Lipinski definition) is 1. The monoisotopic (exact) mass is 278 g/mol. The highest BCUT2D eigenvalue weighted by Gasteiger charge is 2.26. The zero-order chi connectivity index (χ0) is 14.7. The molecule has 1 aliphatic rings. The Labute approximate surface area is 123 Å². The standard InChI is InChI=1S/C16H30N4/c1-5-20-14(4)16(12(2)18-20)13(3)19-10-7-15(6-9-17)8-11-19/h13,15H,5-11,17H2,1-4H3. The van der Waals surface area contributed by atoms with Crippen LogP contribution in [0.15, 0.2) is 0 Å². The van der Waals surface area contributed by atoms with Gasteiger partial charge in [-0.3, -0.25) is 9.58 Å². The number of hydrogen-bond acceptors (Lipinski definition) is 3. The second-order valence-electron chi connectivity index (χ2n) is 6.13. The van der Waals surface area contributed by atoms with E-state index in [1.807, 2.05) is 0 Å². The van der Waals surface area contributed by atoms with Crippen molar-refractivity contribution in [3.63, 3.8) is 0 Å². The minimum atomic E-state index is 0.481. The molecule has 0 saturated carbocycles. The van der Waals surface area contributed by atoms with Gasteiger partial charge in [-0.1, -0.05) is 0 Å². The molecule has 0 amide bonds. The molecule has 1 fully saturated rings. The molecule has 114 valence electrons. The molecule has 0 aromatic carbocycles. The van der Waals surface area contributed by atoms with Crippen molar-refractivity contribution in [2.75, 3.05) is 19.6 Å². The van der Waals surface area contributed by atoms with E-state index >= 15 is 0 Å². The molecular weight excluding hydrogens is 248 g/mol.